The lowest BCUT2D eigenvalue weighted by atomic mass is 9.79. The number of H-pyrrole nitrogens is 1. The summed E-state index contributed by atoms with van der Waals surface area (Å²) in [5, 5.41) is 13.5. The Hall–Kier alpha value is -3.27. The van der Waals surface area contributed by atoms with Crippen LogP contribution in [0.3, 0.4) is 0 Å². The average molecular weight is 584 g/mol. The standard InChI is InChI=1S/C31H45N5O4S/c1-9-10-22-11-12-24(22)33-28(37)31(7,8)17-39-27-25(21(6)16-32-29(41)34-30(38)40-18(2)3)26(35-36-27)23-14-19(4)13-20(5)15-23/h13-15,18,21-22H,9-12,16-17H2,1-8H3,(H,35,36)(H2,32,34,38,41)/t21-,22?/m1/s1. The predicted molar refractivity (Wildman–Crippen MR) is 167 cm³/mol. The highest BCUT2D eigenvalue weighted by Gasteiger charge is 2.33. The number of hydrogen-bond donors (Lipinski definition) is 3. The number of aromatic nitrogens is 2. The Morgan fingerprint density at radius 1 is 1.20 bits per heavy atom. The van der Waals surface area contributed by atoms with Crippen LogP contribution >= 0.6 is 12.2 Å². The fraction of sp³-hybridized carbons (Fsp3) is 0.581. The van der Waals surface area contributed by atoms with E-state index in [9.17, 15) is 9.59 Å². The summed E-state index contributed by atoms with van der Waals surface area (Å²) in [5.74, 6) is 0.566. The van der Waals surface area contributed by atoms with Crippen LogP contribution in [-0.2, 0) is 9.53 Å². The molecule has 2 aromatic rings. The molecule has 1 aromatic carbocycles. The van der Waals surface area contributed by atoms with Gasteiger partial charge in [-0.05, 0) is 91.1 Å². The Bertz CT molecular complexity index is 1260. The lowest BCUT2D eigenvalue weighted by molar-refractivity contribution is -0.127. The van der Waals surface area contributed by atoms with Gasteiger partial charge in [-0.25, -0.2) is 9.79 Å². The molecule has 9 nitrogen and oxygen atoms in total. The number of thiocarbonyl (C=S) groups is 1. The van der Waals surface area contributed by atoms with E-state index < -0.39 is 11.5 Å². The Labute approximate surface area is 249 Å². The number of amides is 2. The third-order valence-electron chi connectivity index (χ3n) is 7.15. The number of benzene rings is 1. The Morgan fingerprint density at radius 3 is 2.46 bits per heavy atom. The van der Waals surface area contributed by atoms with Gasteiger partial charge >= 0.3 is 6.09 Å². The monoisotopic (exact) mass is 583 g/mol. The van der Waals surface area contributed by atoms with E-state index >= 15 is 0 Å². The van der Waals surface area contributed by atoms with E-state index in [1.54, 1.807) is 13.8 Å². The van der Waals surface area contributed by atoms with Crippen LogP contribution in [0.1, 0.15) is 89.8 Å². The zero-order valence-electron chi connectivity index (χ0n) is 25.6. The van der Waals surface area contributed by atoms with E-state index in [1.165, 1.54) is 0 Å². The van der Waals surface area contributed by atoms with E-state index in [0.29, 0.717) is 18.3 Å². The first kappa shape index (κ1) is 32.2. The molecule has 2 atom stereocenters. The zero-order valence-corrected chi connectivity index (χ0v) is 26.5. The second kappa shape index (κ2) is 14.1. The summed E-state index contributed by atoms with van der Waals surface area (Å²) < 4.78 is 11.4. The van der Waals surface area contributed by atoms with E-state index in [2.05, 4.69) is 64.8 Å². The lowest BCUT2D eigenvalue weighted by Crippen LogP contribution is -2.41. The molecule has 1 aliphatic carbocycles. The van der Waals surface area contributed by atoms with Crippen molar-refractivity contribution in [3.05, 3.63) is 34.9 Å². The number of carbonyl (C=O) groups is 2. The zero-order chi connectivity index (χ0) is 30.3. The molecule has 3 rings (SSSR count). The maximum absolute atomic E-state index is 13.1. The molecule has 0 saturated heterocycles. The second-order valence-electron chi connectivity index (χ2n) is 12.0. The number of rotatable bonds is 11. The number of aryl methyl sites for hydroxylation is 2. The molecule has 1 heterocycles. The van der Waals surface area contributed by atoms with Crippen LogP contribution in [0, 0.1) is 25.2 Å². The van der Waals surface area contributed by atoms with E-state index in [4.69, 9.17) is 21.7 Å². The first-order valence-corrected chi connectivity index (χ1v) is 14.9. The largest absolute Gasteiger partial charge is 0.475 e. The highest BCUT2D eigenvalue weighted by Crippen LogP contribution is 2.36. The van der Waals surface area contributed by atoms with Crippen molar-refractivity contribution >= 4 is 35.0 Å². The maximum Gasteiger partial charge on any atom is 0.413 e. The van der Waals surface area contributed by atoms with Gasteiger partial charge in [0.05, 0.1) is 17.2 Å². The lowest BCUT2D eigenvalue weighted by Gasteiger charge is -2.29. The Morgan fingerprint density at radius 2 is 1.88 bits per heavy atom. The van der Waals surface area contributed by atoms with Crippen LogP contribution in [0.5, 0.6) is 5.88 Å². The molecule has 1 aromatic heterocycles. The molecule has 224 valence electrons. The number of nitrogens with one attached hydrogen (secondary N) is 3. The number of alkyl carbamates (subject to hydrolysis) is 1. The number of aliphatic imine (C=N–C) groups is 1. The van der Waals surface area contributed by atoms with Gasteiger partial charge in [0.1, 0.15) is 6.61 Å². The van der Waals surface area contributed by atoms with Gasteiger partial charge in [0, 0.05) is 29.3 Å². The van der Waals surface area contributed by atoms with Crippen molar-refractivity contribution < 1.29 is 19.1 Å². The van der Waals surface area contributed by atoms with Gasteiger partial charge in [-0.3, -0.25) is 15.2 Å². The van der Waals surface area contributed by atoms with Gasteiger partial charge in [-0.1, -0.05) is 37.5 Å². The van der Waals surface area contributed by atoms with Gasteiger partial charge in [0.2, 0.25) is 5.88 Å². The molecule has 0 radical (unpaired) electrons. The van der Waals surface area contributed by atoms with Crippen LogP contribution in [0.2, 0.25) is 0 Å². The van der Waals surface area contributed by atoms with Crippen LogP contribution in [-0.4, -0.2) is 52.3 Å². The summed E-state index contributed by atoms with van der Waals surface area (Å²) in [7, 11) is 0. The van der Waals surface area contributed by atoms with Gasteiger partial charge in [0.25, 0.3) is 5.91 Å². The number of nitrogens with zero attached hydrogens (tertiary/aromatic N) is 2. The quantitative estimate of drug-likeness (QED) is 0.262. The molecule has 1 saturated carbocycles. The molecule has 1 fully saturated rings. The van der Waals surface area contributed by atoms with Crippen molar-refractivity contribution in [2.45, 2.75) is 93.1 Å². The minimum atomic E-state index is -0.820. The maximum atomic E-state index is 13.1. The molecule has 1 aliphatic rings. The normalized spacial score (nSPS) is 16.7. The van der Waals surface area contributed by atoms with Crippen molar-refractivity contribution in [3.63, 3.8) is 0 Å². The summed E-state index contributed by atoms with van der Waals surface area (Å²) in [6, 6.07) is 6.30. The first-order valence-electron chi connectivity index (χ1n) is 14.5. The van der Waals surface area contributed by atoms with Crippen LogP contribution < -0.4 is 15.4 Å². The van der Waals surface area contributed by atoms with E-state index in [1.807, 2.05) is 20.8 Å². The highest BCUT2D eigenvalue weighted by atomic mass is 32.1. The van der Waals surface area contributed by atoms with Crippen LogP contribution in [0.4, 0.5) is 4.79 Å². The van der Waals surface area contributed by atoms with Crippen molar-refractivity contribution in [3.8, 4) is 17.1 Å². The molecular formula is C31H45N5O4S. The molecular weight excluding hydrogens is 538 g/mol. The Balaban J connectivity index is 1.80. The summed E-state index contributed by atoms with van der Waals surface area (Å²) in [5.41, 5.74) is 5.13. The third-order valence-corrected chi connectivity index (χ3v) is 7.40. The summed E-state index contributed by atoms with van der Waals surface area (Å²) in [6.07, 6.45) is 3.31. The van der Waals surface area contributed by atoms with Crippen LogP contribution in [0.15, 0.2) is 23.2 Å². The summed E-state index contributed by atoms with van der Waals surface area (Å²) >= 11 is 5.30. The molecule has 41 heavy (non-hydrogen) atoms. The molecule has 0 aliphatic heterocycles. The number of ether oxygens (including phenoxy) is 2. The molecule has 3 N–H and O–H groups in total. The van der Waals surface area contributed by atoms with Crippen molar-refractivity contribution in [1.82, 2.24) is 20.8 Å². The Kier molecular flexibility index (Phi) is 11.1. The average Bonchev–Trinajstić information content (AvgIpc) is 3.30. The minimum Gasteiger partial charge on any atom is -0.475 e. The van der Waals surface area contributed by atoms with Gasteiger partial charge in [0.15, 0.2) is 5.11 Å². The third kappa shape index (κ3) is 8.86. The van der Waals surface area contributed by atoms with Gasteiger partial charge in [-0.2, -0.15) is 0 Å². The highest BCUT2D eigenvalue weighted by molar-refractivity contribution is 7.80. The van der Waals surface area contributed by atoms with Crippen LogP contribution in [0.25, 0.3) is 11.3 Å². The van der Waals surface area contributed by atoms with Crippen molar-refractivity contribution in [2.24, 2.45) is 16.3 Å². The smallest absolute Gasteiger partial charge is 0.413 e. The fourth-order valence-electron chi connectivity index (χ4n) is 4.85. The SMILES string of the molecule is CCCC1CCC1=NC(=O)C(C)(C)COc1n[nH]c(-c2cc(C)cc(C)c2)c1[C@H](C)CNC(=S)NC(=O)OC(C)C. The van der Waals surface area contributed by atoms with Crippen molar-refractivity contribution in [2.75, 3.05) is 13.2 Å². The molecule has 2 amide bonds. The summed E-state index contributed by atoms with van der Waals surface area (Å²) in [6.45, 7) is 16.1. The van der Waals surface area contributed by atoms with Gasteiger partial charge in [-0.15, -0.1) is 5.10 Å². The van der Waals surface area contributed by atoms with E-state index in [0.717, 1.165) is 59.3 Å². The predicted octanol–water partition coefficient (Wildman–Crippen LogP) is 6.39. The molecule has 0 spiro atoms. The van der Waals surface area contributed by atoms with E-state index in [-0.39, 0.29) is 29.6 Å². The molecule has 1 unspecified atom stereocenters. The van der Waals surface area contributed by atoms with Crippen molar-refractivity contribution in [1.29, 1.82) is 0 Å². The minimum absolute atomic E-state index is 0.121. The fourth-order valence-corrected chi connectivity index (χ4v) is 5.01. The topological polar surface area (TPSA) is 118 Å². The first-order chi connectivity index (χ1) is 19.3. The summed E-state index contributed by atoms with van der Waals surface area (Å²) in [4.78, 5) is 29.5. The van der Waals surface area contributed by atoms with Gasteiger partial charge < -0.3 is 14.8 Å². The number of hydrogen-bond acceptors (Lipinski definition) is 6. The number of aromatic amines is 1. The molecule has 10 heteroatoms. The number of carbonyl (C=O) groups excluding carboxylic acids is 2. The second-order valence-corrected chi connectivity index (χ2v) is 12.4. The molecule has 0 bridgehead atoms.